The Kier molecular flexibility index (Phi) is 7.55. The molecule has 1 saturated heterocycles. The number of carbonyl (C=O) groups is 1. The molecule has 1 heterocycles. The molecule has 1 aliphatic heterocycles. The van der Waals surface area contributed by atoms with Crippen molar-refractivity contribution < 1.29 is 4.79 Å². The van der Waals surface area contributed by atoms with Crippen LogP contribution < -0.4 is 0 Å². The minimum atomic E-state index is 0.362. The van der Waals surface area contributed by atoms with E-state index in [0.717, 1.165) is 19.3 Å². The number of amides is 1. The zero-order chi connectivity index (χ0) is 18.2. The van der Waals surface area contributed by atoms with Gasteiger partial charge in [-0.25, -0.2) is 0 Å². The number of rotatable bonds is 8. The van der Waals surface area contributed by atoms with Gasteiger partial charge in [-0.15, -0.1) is 0 Å². The summed E-state index contributed by atoms with van der Waals surface area (Å²) in [5.74, 6) is 0.362. The maximum atomic E-state index is 12.7. The lowest BCUT2D eigenvalue weighted by molar-refractivity contribution is -0.134. The average molecular weight is 357 g/mol. The van der Waals surface area contributed by atoms with E-state index in [9.17, 15) is 4.79 Å². The summed E-state index contributed by atoms with van der Waals surface area (Å²) in [5, 5.41) is 0. The highest BCUT2D eigenvalue weighted by molar-refractivity contribution is 5.76. The van der Waals surface area contributed by atoms with Crippen LogP contribution in [-0.2, 0) is 11.2 Å². The topological polar surface area (TPSA) is 23.6 Å². The molecule has 3 rings (SSSR count). The molecule has 2 atom stereocenters. The number of nitrogens with zero attached hydrogens (tertiary/aromatic N) is 2. The van der Waals surface area contributed by atoms with Gasteiger partial charge in [-0.3, -0.25) is 9.69 Å². The van der Waals surface area contributed by atoms with Crippen molar-refractivity contribution in [1.29, 1.82) is 0 Å². The van der Waals surface area contributed by atoms with Crippen molar-refractivity contribution in [2.24, 2.45) is 0 Å². The van der Waals surface area contributed by atoms with Crippen molar-refractivity contribution >= 4 is 5.91 Å². The van der Waals surface area contributed by atoms with Gasteiger partial charge in [0.2, 0.25) is 5.91 Å². The number of aryl methyl sites for hydroxylation is 1. The smallest absolute Gasteiger partial charge is 0.222 e. The van der Waals surface area contributed by atoms with E-state index in [0.29, 0.717) is 24.4 Å². The average Bonchev–Trinajstić information content (AvgIpc) is 3.22. The van der Waals surface area contributed by atoms with Crippen LogP contribution in [0.2, 0.25) is 0 Å². The molecular weight excluding hydrogens is 320 g/mol. The van der Waals surface area contributed by atoms with Gasteiger partial charge in [0, 0.05) is 25.6 Å². The number of carbonyl (C=O) groups excluding carboxylic acids is 1. The molecule has 2 aliphatic rings. The van der Waals surface area contributed by atoms with Crippen LogP contribution in [0.5, 0.6) is 0 Å². The Morgan fingerprint density at radius 2 is 1.73 bits per heavy atom. The second-order valence-corrected chi connectivity index (χ2v) is 8.21. The maximum Gasteiger partial charge on any atom is 0.222 e. The molecule has 1 saturated carbocycles. The van der Waals surface area contributed by atoms with E-state index in [1.165, 1.54) is 63.6 Å². The summed E-state index contributed by atoms with van der Waals surface area (Å²) in [4.78, 5) is 17.5. The molecule has 1 aromatic rings. The highest BCUT2D eigenvalue weighted by Crippen LogP contribution is 2.29. The van der Waals surface area contributed by atoms with Crippen LogP contribution in [0.1, 0.15) is 69.8 Å². The van der Waals surface area contributed by atoms with E-state index >= 15 is 0 Å². The summed E-state index contributed by atoms with van der Waals surface area (Å²) < 4.78 is 0. The van der Waals surface area contributed by atoms with Crippen LogP contribution in [0, 0.1) is 0 Å². The first-order valence-electron chi connectivity index (χ1n) is 10.8. The standard InChI is InChI=1S/C23H36N2O/c1-24(21-15-8-9-16-22(21)25-18-10-11-19-25)23(26)17-7-3-6-14-20-12-4-2-5-13-20/h2,4-5,12-13,21-22H,3,6-11,14-19H2,1H3. The van der Waals surface area contributed by atoms with Gasteiger partial charge in [0.05, 0.1) is 0 Å². The molecule has 2 unspecified atom stereocenters. The quantitative estimate of drug-likeness (QED) is 0.633. The fourth-order valence-corrected chi connectivity index (χ4v) is 4.83. The maximum absolute atomic E-state index is 12.7. The number of benzene rings is 1. The Bertz CT molecular complexity index is 538. The summed E-state index contributed by atoms with van der Waals surface area (Å²) in [6, 6.07) is 11.7. The molecule has 144 valence electrons. The third-order valence-electron chi connectivity index (χ3n) is 6.39. The molecule has 0 radical (unpaired) electrons. The predicted molar refractivity (Wildman–Crippen MR) is 108 cm³/mol. The number of likely N-dealkylation sites (N-methyl/N-ethyl adjacent to an activating group) is 1. The zero-order valence-corrected chi connectivity index (χ0v) is 16.5. The van der Waals surface area contributed by atoms with Gasteiger partial charge in [0.15, 0.2) is 0 Å². The Hall–Kier alpha value is -1.35. The monoisotopic (exact) mass is 356 g/mol. The lowest BCUT2D eigenvalue weighted by Crippen LogP contribution is -2.53. The lowest BCUT2D eigenvalue weighted by atomic mass is 9.88. The van der Waals surface area contributed by atoms with Gasteiger partial charge in [-0.05, 0) is 63.6 Å². The number of hydrogen-bond donors (Lipinski definition) is 0. The molecule has 0 N–H and O–H groups in total. The zero-order valence-electron chi connectivity index (χ0n) is 16.5. The van der Waals surface area contributed by atoms with Gasteiger partial charge in [-0.1, -0.05) is 49.6 Å². The SMILES string of the molecule is CN(C(=O)CCCCCc1ccccc1)C1CCCCC1N1CCCC1. The molecule has 0 spiro atoms. The van der Waals surface area contributed by atoms with Gasteiger partial charge in [0.25, 0.3) is 0 Å². The molecule has 1 aromatic carbocycles. The van der Waals surface area contributed by atoms with Gasteiger partial charge in [0.1, 0.15) is 0 Å². The molecule has 1 amide bonds. The largest absolute Gasteiger partial charge is 0.341 e. The van der Waals surface area contributed by atoms with E-state index in [4.69, 9.17) is 0 Å². The summed E-state index contributed by atoms with van der Waals surface area (Å²) in [6.07, 6.45) is 13.0. The first-order valence-corrected chi connectivity index (χ1v) is 10.8. The normalized spacial score (nSPS) is 23.9. The fraction of sp³-hybridized carbons (Fsp3) is 0.696. The molecule has 2 fully saturated rings. The Morgan fingerprint density at radius 1 is 1.00 bits per heavy atom. The van der Waals surface area contributed by atoms with Gasteiger partial charge >= 0.3 is 0 Å². The summed E-state index contributed by atoms with van der Waals surface area (Å²) in [6.45, 7) is 2.48. The van der Waals surface area contributed by atoms with Crippen molar-refractivity contribution in [3.05, 3.63) is 35.9 Å². The molecule has 3 heteroatoms. The van der Waals surface area contributed by atoms with Crippen LogP contribution in [0.15, 0.2) is 30.3 Å². The van der Waals surface area contributed by atoms with Crippen molar-refractivity contribution in [1.82, 2.24) is 9.80 Å². The number of hydrogen-bond acceptors (Lipinski definition) is 2. The molecular formula is C23H36N2O. The lowest BCUT2D eigenvalue weighted by Gasteiger charge is -2.42. The summed E-state index contributed by atoms with van der Waals surface area (Å²) in [7, 11) is 2.06. The van der Waals surface area contributed by atoms with E-state index in [2.05, 4.69) is 47.2 Å². The minimum Gasteiger partial charge on any atom is -0.341 e. The van der Waals surface area contributed by atoms with Gasteiger partial charge < -0.3 is 4.90 Å². The van der Waals surface area contributed by atoms with Crippen molar-refractivity contribution in [2.75, 3.05) is 20.1 Å². The second kappa shape index (κ2) is 10.1. The highest BCUT2D eigenvalue weighted by Gasteiger charge is 2.35. The number of likely N-dealkylation sites (tertiary alicyclic amines) is 1. The van der Waals surface area contributed by atoms with E-state index in [1.54, 1.807) is 0 Å². The summed E-state index contributed by atoms with van der Waals surface area (Å²) >= 11 is 0. The van der Waals surface area contributed by atoms with Crippen LogP contribution in [0.25, 0.3) is 0 Å². The van der Waals surface area contributed by atoms with E-state index in [-0.39, 0.29) is 0 Å². The first-order chi connectivity index (χ1) is 12.8. The van der Waals surface area contributed by atoms with Gasteiger partial charge in [-0.2, -0.15) is 0 Å². The minimum absolute atomic E-state index is 0.362. The first kappa shape index (κ1) is 19.4. The Labute approximate surface area is 159 Å². The van der Waals surface area contributed by atoms with Crippen molar-refractivity contribution in [2.45, 2.75) is 82.7 Å². The third-order valence-corrected chi connectivity index (χ3v) is 6.39. The van der Waals surface area contributed by atoms with Crippen molar-refractivity contribution in [3.63, 3.8) is 0 Å². The molecule has 26 heavy (non-hydrogen) atoms. The molecule has 0 bridgehead atoms. The molecule has 3 nitrogen and oxygen atoms in total. The second-order valence-electron chi connectivity index (χ2n) is 8.21. The van der Waals surface area contributed by atoms with Crippen LogP contribution in [0.3, 0.4) is 0 Å². The number of unbranched alkanes of at least 4 members (excludes halogenated alkanes) is 2. The third kappa shape index (κ3) is 5.33. The Balaban J connectivity index is 1.40. The van der Waals surface area contributed by atoms with E-state index < -0.39 is 0 Å². The van der Waals surface area contributed by atoms with Crippen molar-refractivity contribution in [3.8, 4) is 0 Å². The van der Waals surface area contributed by atoms with Crippen LogP contribution in [0.4, 0.5) is 0 Å². The van der Waals surface area contributed by atoms with Crippen LogP contribution in [-0.4, -0.2) is 47.9 Å². The Morgan fingerprint density at radius 3 is 2.50 bits per heavy atom. The van der Waals surface area contributed by atoms with E-state index in [1.807, 2.05) is 0 Å². The molecule has 1 aliphatic carbocycles. The predicted octanol–water partition coefficient (Wildman–Crippen LogP) is 4.65. The fourth-order valence-electron chi connectivity index (χ4n) is 4.83. The highest BCUT2D eigenvalue weighted by atomic mass is 16.2. The molecule has 0 aromatic heterocycles. The van der Waals surface area contributed by atoms with Crippen LogP contribution >= 0.6 is 0 Å². The summed E-state index contributed by atoms with van der Waals surface area (Å²) in [5.41, 5.74) is 1.41.